The van der Waals surface area contributed by atoms with Crippen LogP contribution in [-0.2, 0) is 14.3 Å². The van der Waals surface area contributed by atoms with Gasteiger partial charge in [0, 0.05) is 0 Å². The Kier molecular flexibility index (Phi) is 5.16. The maximum Gasteiger partial charge on any atom is 0.339 e. The quantitative estimate of drug-likeness (QED) is 0.620. The summed E-state index contributed by atoms with van der Waals surface area (Å²) in [4.78, 5) is 50.4. The summed E-state index contributed by atoms with van der Waals surface area (Å²) in [6.07, 6.45) is 3.33. The van der Waals surface area contributed by atoms with Gasteiger partial charge in [-0.15, -0.1) is 0 Å². The third kappa shape index (κ3) is 3.39. The predicted octanol–water partition coefficient (Wildman–Crippen LogP) is 1.91. The highest BCUT2D eigenvalue weighted by Crippen LogP contribution is 2.38. The molecule has 1 heterocycles. The van der Waals surface area contributed by atoms with Gasteiger partial charge in [0.1, 0.15) is 12.1 Å². The van der Waals surface area contributed by atoms with Crippen molar-refractivity contribution in [2.45, 2.75) is 38.1 Å². The number of nitrogens with one attached hydrogen (secondary N) is 2. The molecule has 1 spiro atoms. The first-order valence-electron chi connectivity index (χ1n) is 9.00. The number of urea groups is 1. The normalized spacial score (nSPS) is 24.7. The maximum absolute atomic E-state index is 12.9. The predicted molar refractivity (Wildman–Crippen MR) is 97.0 cm³/mol. The van der Waals surface area contributed by atoms with E-state index in [0.29, 0.717) is 6.42 Å². The fourth-order valence-electron chi connectivity index (χ4n) is 3.85. The summed E-state index contributed by atoms with van der Waals surface area (Å²) in [6.45, 7) is 1.54. The van der Waals surface area contributed by atoms with Gasteiger partial charge in [-0.05, 0) is 30.9 Å². The molecule has 8 nitrogen and oxygen atoms in total. The fourth-order valence-corrected chi connectivity index (χ4v) is 3.85. The topological polar surface area (TPSA) is 105 Å². The number of rotatable bonds is 4. The SMILES string of the molecule is COC(=O)c1ccccc1NC(=O)CN1C(=O)NC2(CCCCC2C)C1=O. The van der Waals surface area contributed by atoms with Gasteiger partial charge in [-0.1, -0.05) is 31.9 Å². The summed E-state index contributed by atoms with van der Waals surface area (Å²) in [5.74, 6) is -1.47. The van der Waals surface area contributed by atoms with E-state index in [1.807, 2.05) is 6.92 Å². The summed E-state index contributed by atoms with van der Waals surface area (Å²) in [7, 11) is 1.25. The average Bonchev–Trinajstić information content (AvgIpc) is 2.89. The van der Waals surface area contributed by atoms with E-state index in [2.05, 4.69) is 10.6 Å². The number of benzene rings is 1. The van der Waals surface area contributed by atoms with E-state index in [1.54, 1.807) is 18.2 Å². The lowest BCUT2D eigenvalue weighted by molar-refractivity contribution is -0.136. The highest BCUT2D eigenvalue weighted by molar-refractivity contribution is 6.11. The zero-order chi connectivity index (χ0) is 19.6. The molecule has 144 valence electrons. The first-order chi connectivity index (χ1) is 12.9. The standard InChI is InChI=1S/C19H23N3O5/c1-12-7-5-6-10-19(12)17(25)22(18(26)21-19)11-15(23)20-14-9-4-3-8-13(14)16(24)27-2/h3-4,8-9,12H,5-7,10-11H2,1-2H3,(H,20,23)(H,21,26). The van der Waals surface area contributed by atoms with Crippen LogP contribution in [-0.4, -0.2) is 47.9 Å². The number of ether oxygens (including phenoxy) is 1. The zero-order valence-corrected chi connectivity index (χ0v) is 15.4. The molecule has 2 unspecified atom stereocenters. The van der Waals surface area contributed by atoms with Crippen LogP contribution < -0.4 is 10.6 Å². The van der Waals surface area contributed by atoms with Gasteiger partial charge in [0.05, 0.1) is 18.4 Å². The molecule has 27 heavy (non-hydrogen) atoms. The molecule has 1 saturated heterocycles. The number of hydrogen-bond donors (Lipinski definition) is 2. The van der Waals surface area contributed by atoms with Crippen molar-refractivity contribution in [3.05, 3.63) is 29.8 Å². The molecule has 1 aliphatic carbocycles. The number of imide groups is 1. The Morgan fingerprint density at radius 2 is 2.04 bits per heavy atom. The van der Waals surface area contributed by atoms with Crippen LogP contribution >= 0.6 is 0 Å². The van der Waals surface area contributed by atoms with Crippen LogP contribution in [0.3, 0.4) is 0 Å². The van der Waals surface area contributed by atoms with E-state index >= 15 is 0 Å². The second-order valence-electron chi connectivity index (χ2n) is 7.02. The summed E-state index contributed by atoms with van der Waals surface area (Å²) >= 11 is 0. The van der Waals surface area contributed by atoms with Crippen LogP contribution in [0.5, 0.6) is 0 Å². The Hall–Kier alpha value is -2.90. The lowest BCUT2D eigenvalue weighted by atomic mass is 9.73. The smallest absolute Gasteiger partial charge is 0.339 e. The number of anilines is 1. The van der Waals surface area contributed by atoms with Gasteiger partial charge in [-0.3, -0.25) is 14.5 Å². The number of nitrogens with zero attached hydrogens (tertiary/aromatic N) is 1. The molecule has 2 aliphatic rings. The van der Waals surface area contributed by atoms with Crippen LogP contribution in [0.25, 0.3) is 0 Å². The minimum absolute atomic E-state index is 0.0239. The van der Waals surface area contributed by atoms with Crippen molar-refractivity contribution in [1.29, 1.82) is 0 Å². The lowest BCUT2D eigenvalue weighted by Gasteiger charge is -2.36. The van der Waals surface area contributed by atoms with Crippen molar-refractivity contribution in [2.75, 3.05) is 19.0 Å². The van der Waals surface area contributed by atoms with Gasteiger partial charge in [-0.25, -0.2) is 9.59 Å². The molecule has 1 aliphatic heterocycles. The minimum atomic E-state index is -0.903. The van der Waals surface area contributed by atoms with Crippen LogP contribution in [0.2, 0.25) is 0 Å². The molecule has 0 radical (unpaired) electrons. The summed E-state index contributed by atoms with van der Waals surface area (Å²) < 4.78 is 4.69. The second-order valence-corrected chi connectivity index (χ2v) is 7.02. The monoisotopic (exact) mass is 373 g/mol. The maximum atomic E-state index is 12.9. The van der Waals surface area contributed by atoms with Crippen molar-refractivity contribution in [2.24, 2.45) is 5.92 Å². The highest BCUT2D eigenvalue weighted by atomic mass is 16.5. The summed E-state index contributed by atoms with van der Waals surface area (Å²) in [5, 5.41) is 5.39. The van der Waals surface area contributed by atoms with Gasteiger partial charge in [0.15, 0.2) is 0 Å². The first-order valence-corrected chi connectivity index (χ1v) is 9.00. The Labute approximate surface area is 157 Å². The van der Waals surface area contributed by atoms with Crippen molar-refractivity contribution in [3.8, 4) is 0 Å². The van der Waals surface area contributed by atoms with E-state index in [0.717, 1.165) is 24.2 Å². The number of hydrogen-bond acceptors (Lipinski definition) is 5. The molecule has 0 aromatic heterocycles. The van der Waals surface area contributed by atoms with Crippen LogP contribution in [0.4, 0.5) is 10.5 Å². The van der Waals surface area contributed by atoms with Crippen molar-refractivity contribution in [1.82, 2.24) is 10.2 Å². The summed E-state index contributed by atoms with van der Waals surface area (Å²) in [6, 6.07) is 5.83. The molecular weight excluding hydrogens is 350 g/mol. The molecule has 1 aromatic carbocycles. The van der Waals surface area contributed by atoms with Crippen LogP contribution in [0.15, 0.2) is 24.3 Å². The number of methoxy groups -OCH3 is 1. The van der Waals surface area contributed by atoms with Gasteiger partial charge in [0.2, 0.25) is 5.91 Å². The number of carbonyl (C=O) groups excluding carboxylic acids is 4. The third-order valence-electron chi connectivity index (χ3n) is 5.41. The minimum Gasteiger partial charge on any atom is -0.465 e. The molecule has 3 rings (SSSR count). The lowest BCUT2D eigenvalue weighted by Crippen LogP contribution is -2.54. The summed E-state index contributed by atoms with van der Waals surface area (Å²) in [5.41, 5.74) is -0.440. The van der Waals surface area contributed by atoms with Crippen LogP contribution in [0.1, 0.15) is 43.0 Å². The van der Waals surface area contributed by atoms with Gasteiger partial charge in [-0.2, -0.15) is 0 Å². The van der Waals surface area contributed by atoms with Crippen molar-refractivity contribution in [3.63, 3.8) is 0 Å². The van der Waals surface area contributed by atoms with Crippen molar-refractivity contribution < 1.29 is 23.9 Å². The molecule has 4 amide bonds. The van der Waals surface area contributed by atoms with E-state index in [-0.39, 0.29) is 23.1 Å². The Morgan fingerprint density at radius 3 is 2.74 bits per heavy atom. The number of esters is 1. The second kappa shape index (κ2) is 7.38. The largest absolute Gasteiger partial charge is 0.465 e. The molecule has 2 fully saturated rings. The van der Waals surface area contributed by atoms with Crippen LogP contribution in [0, 0.1) is 5.92 Å². The number of amides is 4. The Morgan fingerprint density at radius 1 is 1.30 bits per heavy atom. The number of carbonyl (C=O) groups is 4. The molecular formula is C19H23N3O5. The first kappa shape index (κ1) is 18.9. The Bertz CT molecular complexity index is 793. The Balaban J connectivity index is 1.73. The average molecular weight is 373 g/mol. The van der Waals surface area contributed by atoms with E-state index in [9.17, 15) is 19.2 Å². The molecule has 8 heteroatoms. The molecule has 2 atom stereocenters. The molecule has 1 aromatic rings. The third-order valence-corrected chi connectivity index (χ3v) is 5.41. The van der Waals surface area contributed by atoms with Gasteiger partial charge < -0.3 is 15.4 Å². The molecule has 0 bridgehead atoms. The number of para-hydroxylation sites is 1. The van der Waals surface area contributed by atoms with Gasteiger partial charge in [0.25, 0.3) is 5.91 Å². The van der Waals surface area contributed by atoms with E-state index in [4.69, 9.17) is 4.74 Å². The molecule has 2 N–H and O–H groups in total. The van der Waals surface area contributed by atoms with E-state index in [1.165, 1.54) is 13.2 Å². The molecule has 1 saturated carbocycles. The van der Waals surface area contributed by atoms with E-state index < -0.39 is 30.0 Å². The van der Waals surface area contributed by atoms with Gasteiger partial charge >= 0.3 is 12.0 Å². The highest BCUT2D eigenvalue weighted by Gasteiger charge is 2.55. The fraction of sp³-hybridized carbons (Fsp3) is 0.474. The zero-order valence-electron chi connectivity index (χ0n) is 15.4. The van der Waals surface area contributed by atoms with Crippen molar-refractivity contribution >= 4 is 29.5 Å².